The second kappa shape index (κ2) is 13.2. The number of pyridine rings is 1. The van der Waals surface area contributed by atoms with Crippen LogP contribution in [0.15, 0.2) is 34.9 Å². The maximum absolute atomic E-state index is 14.7. The first-order chi connectivity index (χ1) is 24.7. The number of thiophene rings is 1. The van der Waals surface area contributed by atoms with Gasteiger partial charge in [-0.2, -0.15) is 15.3 Å². The lowest BCUT2D eigenvalue weighted by Gasteiger charge is -2.40. The number of aromatic nitrogens is 5. The lowest BCUT2D eigenvalue weighted by Crippen LogP contribution is -2.43. The number of nitrogens with zero attached hydrogens (tertiary/aromatic N) is 7. The zero-order chi connectivity index (χ0) is 35.4. The number of nitriles is 1. The number of aryl methyl sites for hydroxylation is 1. The van der Waals surface area contributed by atoms with Crippen molar-refractivity contribution >= 4 is 38.7 Å². The first-order valence-corrected chi connectivity index (χ1v) is 18.8. The van der Waals surface area contributed by atoms with Crippen molar-refractivity contribution in [3.8, 4) is 17.8 Å². The molecular formula is C37H43N9O4S. The van der Waals surface area contributed by atoms with Crippen LogP contribution in [0.25, 0.3) is 22.4 Å². The maximum Gasteiger partial charge on any atom is 0.279 e. The average molecular weight is 710 g/mol. The number of ketones is 1. The second-order valence-corrected chi connectivity index (χ2v) is 15.5. The summed E-state index contributed by atoms with van der Waals surface area (Å²) < 4.78 is 15.3. The number of rotatable bonds is 6. The van der Waals surface area contributed by atoms with Crippen LogP contribution in [0.4, 0.5) is 5.00 Å². The lowest BCUT2D eigenvalue weighted by molar-refractivity contribution is -0.122. The van der Waals surface area contributed by atoms with Crippen molar-refractivity contribution in [1.82, 2.24) is 29.2 Å². The van der Waals surface area contributed by atoms with Crippen LogP contribution in [0.3, 0.4) is 0 Å². The second-order valence-electron chi connectivity index (χ2n) is 14.4. The van der Waals surface area contributed by atoms with Crippen LogP contribution in [0.5, 0.6) is 5.88 Å². The highest BCUT2D eigenvalue weighted by Gasteiger charge is 2.49. The molecule has 0 amide bonds. The number of nitrogens with two attached hydrogens (primary N) is 2. The third-order valence-electron chi connectivity index (χ3n) is 11.4. The third-order valence-corrected chi connectivity index (χ3v) is 12.5. The Bertz CT molecular complexity index is 2160. The Hall–Kier alpha value is -4.58. The predicted molar refractivity (Wildman–Crippen MR) is 194 cm³/mol. The van der Waals surface area contributed by atoms with Crippen molar-refractivity contribution in [2.45, 2.75) is 94.7 Å². The molecule has 51 heavy (non-hydrogen) atoms. The van der Waals surface area contributed by atoms with Crippen LogP contribution in [-0.2, 0) is 21.4 Å². The van der Waals surface area contributed by atoms with Gasteiger partial charge in [0.15, 0.2) is 22.9 Å². The van der Waals surface area contributed by atoms with Gasteiger partial charge >= 0.3 is 0 Å². The van der Waals surface area contributed by atoms with Crippen LogP contribution < -0.4 is 21.8 Å². The summed E-state index contributed by atoms with van der Waals surface area (Å²) in [5, 5.41) is 15.9. The molecule has 1 saturated carbocycles. The number of likely N-dealkylation sites (N-methyl/N-ethyl adjacent to an activating group) is 1. The Labute approximate surface area is 299 Å². The van der Waals surface area contributed by atoms with Crippen molar-refractivity contribution in [3.63, 3.8) is 0 Å². The topological polar surface area (TPSA) is 180 Å². The first-order valence-electron chi connectivity index (χ1n) is 18.0. The van der Waals surface area contributed by atoms with Gasteiger partial charge in [-0.1, -0.05) is 0 Å². The average Bonchev–Trinajstić information content (AvgIpc) is 3.86. The van der Waals surface area contributed by atoms with Crippen LogP contribution in [0.1, 0.15) is 92.6 Å². The fraction of sp³-hybridized carbons (Fsp3) is 0.514. The summed E-state index contributed by atoms with van der Waals surface area (Å²) in [4.78, 5) is 41.3. The summed E-state index contributed by atoms with van der Waals surface area (Å²) in [6.45, 7) is 4.27. The maximum atomic E-state index is 14.7. The van der Waals surface area contributed by atoms with Crippen LogP contribution >= 0.6 is 11.3 Å². The Kier molecular flexibility index (Phi) is 8.68. The number of hydrogen-bond acceptors (Lipinski definition) is 12. The van der Waals surface area contributed by atoms with Crippen LogP contribution in [0, 0.1) is 11.3 Å². The number of ether oxygens (including phenoxy) is 2. The fourth-order valence-electron chi connectivity index (χ4n) is 8.82. The molecule has 4 aromatic rings. The first kappa shape index (κ1) is 33.6. The minimum atomic E-state index is -0.854. The van der Waals surface area contributed by atoms with Gasteiger partial charge in [-0.05, 0) is 96.4 Å². The van der Waals surface area contributed by atoms with Crippen molar-refractivity contribution < 1.29 is 14.3 Å². The molecule has 0 aromatic carbocycles. The number of allylic oxidation sites excluding steroid dienone is 1. The molecule has 2 saturated heterocycles. The van der Waals surface area contributed by atoms with Crippen LogP contribution in [0.2, 0.25) is 0 Å². The molecule has 3 fully saturated rings. The fourth-order valence-corrected chi connectivity index (χ4v) is 9.98. The van der Waals surface area contributed by atoms with Crippen molar-refractivity contribution in [3.05, 3.63) is 62.3 Å². The molecule has 6 heterocycles. The van der Waals surface area contributed by atoms with Gasteiger partial charge in [-0.25, -0.2) is 9.67 Å². The van der Waals surface area contributed by atoms with E-state index in [1.54, 1.807) is 21.5 Å². The largest absolute Gasteiger partial charge is 0.473 e. The summed E-state index contributed by atoms with van der Waals surface area (Å²) in [5.74, 6) is 0.752. The molecule has 0 radical (unpaired) electrons. The number of anilines is 1. The Morgan fingerprint density at radius 2 is 1.94 bits per heavy atom. The molecule has 2 aliphatic carbocycles. The number of carbonyl (C=O) groups excluding carboxylic acids is 1. The van der Waals surface area contributed by atoms with Crippen molar-refractivity contribution in [1.29, 1.82) is 5.26 Å². The summed E-state index contributed by atoms with van der Waals surface area (Å²) in [6, 6.07) is 6.16. The van der Waals surface area contributed by atoms with E-state index in [-0.39, 0.29) is 41.1 Å². The Morgan fingerprint density at radius 3 is 2.69 bits per heavy atom. The van der Waals surface area contributed by atoms with E-state index >= 15 is 0 Å². The van der Waals surface area contributed by atoms with Gasteiger partial charge in [0.25, 0.3) is 5.56 Å². The number of likely N-dealkylation sites (tertiary alicyclic amines) is 1. The van der Waals surface area contributed by atoms with Gasteiger partial charge in [-0.15, -0.1) is 11.3 Å². The van der Waals surface area contributed by atoms with Crippen molar-refractivity contribution in [2.24, 2.45) is 5.73 Å². The highest BCUT2D eigenvalue weighted by atomic mass is 32.1. The summed E-state index contributed by atoms with van der Waals surface area (Å²) in [7, 11) is 2.10. The zero-order valence-electron chi connectivity index (χ0n) is 29.1. The van der Waals surface area contributed by atoms with Crippen molar-refractivity contribution in [2.75, 3.05) is 32.5 Å². The SMILES string of the molecule is C[C@H](Oc1cc(-n2cc3ccn(C4CCOCC4)c(=O)c3n2)nc(C(N)=C2CCC[C@@]3(CCCc4sc(N)c(C#N)c43)C2=O)n1)[C@@H]1CCCN1C. The molecule has 1 spiro atoms. The zero-order valence-corrected chi connectivity index (χ0v) is 29.9. The van der Waals surface area contributed by atoms with E-state index in [2.05, 4.69) is 18.0 Å². The van der Waals surface area contributed by atoms with E-state index in [0.717, 1.165) is 61.9 Å². The highest BCUT2D eigenvalue weighted by Crippen LogP contribution is 2.52. The van der Waals surface area contributed by atoms with E-state index in [1.807, 2.05) is 19.2 Å². The van der Waals surface area contributed by atoms with Gasteiger partial charge < -0.3 is 25.5 Å². The summed E-state index contributed by atoms with van der Waals surface area (Å²) in [6.07, 6.45) is 11.1. The van der Waals surface area contributed by atoms with Crippen LogP contribution in [-0.4, -0.2) is 74.0 Å². The Balaban J connectivity index is 1.22. The molecule has 4 aromatic heterocycles. The third kappa shape index (κ3) is 5.71. The molecule has 0 unspecified atom stereocenters. The summed E-state index contributed by atoms with van der Waals surface area (Å²) in [5.41, 5.74) is 14.4. The minimum absolute atomic E-state index is 0.0550. The quantitative estimate of drug-likeness (QED) is 0.271. The smallest absolute Gasteiger partial charge is 0.279 e. The van der Waals surface area contributed by atoms with Gasteiger partial charge in [0, 0.05) is 59.6 Å². The van der Waals surface area contributed by atoms with Gasteiger partial charge in [0.05, 0.1) is 16.7 Å². The van der Waals surface area contributed by atoms with E-state index in [0.29, 0.717) is 71.2 Å². The normalized spacial score (nSPS) is 24.5. The van der Waals surface area contributed by atoms with Gasteiger partial charge in [0.2, 0.25) is 5.88 Å². The highest BCUT2D eigenvalue weighted by molar-refractivity contribution is 7.16. The molecule has 4 aliphatic rings. The summed E-state index contributed by atoms with van der Waals surface area (Å²) >= 11 is 1.42. The predicted octanol–water partition coefficient (Wildman–Crippen LogP) is 4.40. The van der Waals surface area contributed by atoms with Gasteiger partial charge in [0.1, 0.15) is 17.2 Å². The molecule has 14 heteroatoms. The minimum Gasteiger partial charge on any atom is -0.473 e. The van der Waals surface area contributed by atoms with E-state index in [1.165, 1.54) is 11.3 Å². The monoisotopic (exact) mass is 709 g/mol. The molecule has 266 valence electrons. The number of fused-ring (bicyclic) bond motifs is 3. The molecule has 2 aliphatic heterocycles. The molecular weight excluding hydrogens is 667 g/mol. The standard InChI is InChI=1S/C37H43N9O4S/c1-21(26-7-5-14-44(26)2)50-29-18-28(46-20-22-9-15-45(36(48)32(22)43-46)23-10-16-49-17-11-23)41-35(42-29)31(39)24-6-3-12-37(33(24)47)13-4-8-27-30(37)25(19-38)34(40)51-27/h9,15,18,20-21,23,26H,3-8,10-14,16-17,39-40H2,1-2H3/t21-,26-,37-/m0/s1. The molecule has 0 bridgehead atoms. The molecule has 8 rings (SSSR count). The number of nitrogen functional groups attached to an aromatic ring is 1. The molecule has 13 nitrogen and oxygen atoms in total. The molecule has 4 N–H and O–H groups in total. The number of carbonyl (C=O) groups is 1. The van der Waals surface area contributed by atoms with Gasteiger partial charge in [-0.3, -0.25) is 14.5 Å². The lowest BCUT2D eigenvalue weighted by atomic mass is 9.61. The van der Waals surface area contributed by atoms with E-state index < -0.39 is 5.41 Å². The van der Waals surface area contributed by atoms with E-state index in [9.17, 15) is 14.9 Å². The number of Topliss-reactive ketones (excluding diaryl/α,β-unsaturated/α-hetero) is 1. The number of hydrogen-bond donors (Lipinski definition) is 2. The van der Waals surface area contributed by atoms with E-state index in [4.69, 9.17) is 36.0 Å². The Morgan fingerprint density at radius 1 is 1.16 bits per heavy atom. The molecule has 3 atom stereocenters.